The van der Waals surface area contributed by atoms with Gasteiger partial charge in [0.05, 0.1) is 0 Å². The van der Waals surface area contributed by atoms with Gasteiger partial charge in [0, 0.05) is 16.5 Å². The predicted octanol–water partition coefficient (Wildman–Crippen LogP) is 5.14. The molecule has 0 saturated heterocycles. The number of rotatable bonds is 4. The minimum absolute atomic E-state index is 0.183. The van der Waals surface area contributed by atoms with Gasteiger partial charge in [0.2, 0.25) is 0 Å². The van der Waals surface area contributed by atoms with Crippen molar-refractivity contribution in [3.63, 3.8) is 0 Å². The van der Waals surface area contributed by atoms with Crippen LogP contribution in [-0.2, 0) is 0 Å². The Hall–Kier alpha value is -1.41. The number of benzene rings is 2. The van der Waals surface area contributed by atoms with Crippen LogP contribution in [0.3, 0.4) is 0 Å². The van der Waals surface area contributed by atoms with Crippen LogP contribution in [0, 0.1) is 0 Å². The van der Waals surface area contributed by atoms with Gasteiger partial charge in [-0.05, 0) is 42.3 Å². The Morgan fingerprint density at radius 3 is 2.50 bits per heavy atom. The minimum Gasteiger partial charge on any atom is -0.294 e. The summed E-state index contributed by atoms with van der Waals surface area (Å²) in [5, 5.41) is 2.24. The fourth-order valence-corrected chi connectivity index (χ4v) is 2.24. The molecule has 2 aromatic carbocycles. The largest absolute Gasteiger partial charge is 0.294 e. The van der Waals surface area contributed by atoms with E-state index in [0.717, 1.165) is 32.8 Å². The highest BCUT2D eigenvalue weighted by molar-refractivity contribution is 9.10. The lowest BCUT2D eigenvalue weighted by Gasteiger charge is -2.04. The average molecular weight is 303 g/mol. The van der Waals surface area contributed by atoms with Gasteiger partial charge in [0.15, 0.2) is 5.78 Å². The molecule has 0 unspecified atom stereocenters. The highest BCUT2D eigenvalue weighted by Gasteiger charge is 2.06. The molecule has 1 nitrogen and oxygen atoms in total. The van der Waals surface area contributed by atoms with Crippen molar-refractivity contribution >= 4 is 32.5 Å². The molecule has 0 amide bonds. The second-order valence-electron chi connectivity index (χ2n) is 4.59. The van der Waals surface area contributed by atoms with Gasteiger partial charge in [-0.25, -0.2) is 0 Å². The third-order valence-corrected chi connectivity index (χ3v) is 3.40. The van der Waals surface area contributed by atoms with Crippen molar-refractivity contribution < 1.29 is 4.79 Å². The van der Waals surface area contributed by atoms with Gasteiger partial charge in [-0.1, -0.05) is 39.7 Å². The first kappa shape index (κ1) is 13.0. The zero-order valence-corrected chi connectivity index (χ0v) is 12.0. The van der Waals surface area contributed by atoms with Crippen LogP contribution >= 0.6 is 15.9 Å². The molecule has 0 bridgehead atoms. The zero-order valence-electron chi connectivity index (χ0n) is 10.4. The molecule has 0 aliphatic heterocycles. The monoisotopic (exact) mass is 302 g/mol. The van der Waals surface area contributed by atoms with Gasteiger partial charge in [-0.15, -0.1) is 6.58 Å². The van der Waals surface area contributed by atoms with Gasteiger partial charge in [-0.3, -0.25) is 4.79 Å². The van der Waals surface area contributed by atoms with Gasteiger partial charge in [-0.2, -0.15) is 0 Å². The van der Waals surface area contributed by atoms with E-state index in [9.17, 15) is 4.79 Å². The summed E-state index contributed by atoms with van der Waals surface area (Å²) in [5.41, 5.74) is 1.83. The van der Waals surface area contributed by atoms with E-state index in [1.54, 1.807) is 0 Å². The Morgan fingerprint density at radius 2 is 1.78 bits per heavy atom. The molecule has 0 spiro atoms. The van der Waals surface area contributed by atoms with Crippen LogP contribution < -0.4 is 0 Å². The molecule has 0 radical (unpaired) electrons. The summed E-state index contributed by atoms with van der Waals surface area (Å²) in [5.74, 6) is 0.183. The van der Waals surface area contributed by atoms with E-state index >= 15 is 0 Å². The van der Waals surface area contributed by atoms with Crippen LogP contribution in [0.5, 0.6) is 0 Å². The summed E-state index contributed by atoms with van der Waals surface area (Å²) < 4.78 is 1.05. The average Bonchev–Trinajstić information content (AvgIpc) is 2.35. The van der Waals surface area contributed by atoms with Crippen LogP contribution in [0.25, 0.3) is 10.8 Å². The van der Waals surface area contributed by atoms with Crippen molar-refractivity contribution in [2.45, 2.75) is 19.8 Å². The molecule has 2 heteroatoms. The number of halogens is 1. The SMILES string of the molecule is C=C(C)CCC(=O)c1ccc2cc(Br)ccc2c1. The van der Waals surface area contributed by atoms with E-state index in [1.807, 2.05) is 37.3 Å². The number of carbonyl (C=O) groups excluding carboxylic acids is 1. The van der Waals surface area contributed by atoms with Crippen molar-refractivity contribution in [2.75, 3.05) is 0 Å². The maximum atomic E-state index is 12.0. The summed E-state index contributed by atoms with van der Waals surface area (Å²) >= 11 is 3.44. The number of ketones is 1. The maximum Gasteiger partial charge on any atom is 0.163 e. The van der Waals surface area contributed by atoms with E-state index in [1.165, 1.54) is 0 Å². The van der Waals surface area contributed by atoms with Gasteiger partial charge in [0.25, 0.3) is 0 Å². The Kier molecular flexibility index (Phi) is 3.97. The highest BCUT2D eigenvalue weighted by Crippen LogP contribution is 2.22. The van der Waals surface area contributed by atoms with Gasteiger partial charge < -0.3 is 0 Å². The molecule has 0 N–H and O–H groups in total. The number of Topliss-reactive ketones (excluding diaryl/α,β-unsaturated/α-hetero) is 1. The summed E-state index contributed by atoms with van der Waals surface area (Å²) in [7, 11) is 0. The summed E-state index contributed by atoms with van der Waals surface area (Å²) in [6.07, 6.45) is 1.30. The molecule has 0 aliphatic rings. The number of allylic oxidation sites excluding steroid dienone is 1. The van der Waals surface area contributed by atoms with E-state index < -0.39 is 0 Å². The van der Waals surface area contributed by atoms with Crippen molar-refractivity contribution in [1.82, 2.24) is 0 Å². The first-order chi connectivity index (χ1) is 8.56. The lowest BCUT2D eigenvalue weighted by Crippen LogP contribution is -1.98. The normalized spacial score (nSPS) is 10.6. The topological polar surface area (TPSA) is 17.1 Å². The van der Waals surface area contributed by atoms with Gasteiger partial charge >= 0.3 is 0 Å². The fourth-order valence-electron chi connectivity index (χ4n) is 1.86. The first-order valence-electron chi connectivity index (χ1n) is 5.93. The smallest absolute Gasteiger partial charge is 0.163 e. The Bertz CT molecular complexity index is 614. The molecule has 0 saturated carbocycles. The van der Waals surface area contributed by atoms with Crippen molar-refractivity contribution in [3.05, 3.63) is 58.6 Å². The van der Waals surface area contributed by atoms with Crippen molar-refractivity contribution in [3.8, 4) is 0 Å². The van der Waals surface area contributed by atoms with Crippen LogP contribution in [0.2, 0.25) is 0 Å². The molecule has 18 heavy (non-hydrogen) atoms. The molecular weight excluding hydrogens is 288 g/mol. The summed E-state index contributed by atoms with van der Waals surface area (Å²) in [6.45, 7) is 5.77. The number of fused-ring (bicyclic) bond motifs is 1. The predicted molar refractivity (Wildman–Crippen MR) is 80.0 cm³/mol. The molecular formula is C16H15BrO. The second kappa shape index (κ2) is 5.49. The summed E-state index contributed by atoms with van der Waals surface area (Å²) in [6, 6.07) is 11.9. The van der Waals surface area contributed by atoms with Crippen molar-refractivity contribution in [1.29, 1.82) is 0 Å². The second-order valence-corrected chi connectivity index (χ2v) is 5.50. The van der Waals surface area contributed by atoms with Crippen molar-refractivity contribution in [2.24, 2.45) is 0 Å². The standard InChI is InChI=1S/C16H15BrO/c1-11(2)3-8-16(18)14-5-4-13-10-15(17)7-6-12(13)9-14/h4-7,9-10H,1,3,8H2,2H3. The Morgan fingerprint density at radius 1 is 1.11 bits per heavy atom. The number of hydrogen-bond acceptors (Lipinski definition) is 1. The third kappa shape index (κ3) is 3.08. The Labute approximate surface area is 116 Å². The zero-order chi connectivity index (χ0) is 13.1. The lowest BCUT2D eigenvalue weighted by molar-refractivity contribution is 0.0983. The number of hydrogen-bond donors (Lipinski definition) is 0. The van der Waals surface area contributed by atoms with E-state index in [-0.39, 0.29) is 5.78 Å². The van der Waals surface area contributed by atoms with E-state index in [4.69, 9.17) is 0 Å². The molecule has 2 aromatic rings. The Balaban J connectivity index is 2.27. The first-order valence-corrected chi connectivity index (χ1v) is 6.72. The van der Waals surface area contributed by atoms with E-state index in [0.29, 0.717) is 6.42 Å². The van der Waals surface area contributed by atoms with Crippen LogP contribution in [0.15, 0.2) is 53.0 Å². The maximum absolute atomic E-state index is 12.0. The summed E-state index contributed by atoms with van der Waals surface area (Å²) in [4.78, 5) is 12.0. The molecule has 0 aromatic heterocycles. The molecule has 2 rings (SSSR count). The van der Waals surface area contributed by atoms with Crippen LogP contribution in [0.4, 0.5) is 0 Å². The molecule has 0 fully saturated rings. The molecule has 0 heterocycles. The third-order valence-electron chi connectivity index (χ3n) is 2.90. The highest BCUT2D eigenvalue weighted by atomic mass is 79.9. The lowest BCUT2D eigenvalue weighted by atomic mass is 10.0. The van der Waals surface area contributed by atoms with E-state index in [2.05, 4.69) is 28.6 Å². The fraction of sp³-hybridized carbons (Fsp3) is 0.188. The minimum atomic E-state index is 0.183. The molecule has 92 valence electrons. The van der Waals surface area contributed by atoms with Crippen LogP contribution in [-0.4, -0.2) is 5.78 Å². The number of carbonyl (C=O) groups is 1. The quantitative estimate of drug-likeness (QED) is 0.564. The molecule has 0 atom stereocenters. The van der Waals surface area contributed by atoms with Gasteiger partial charge in [0.1, 0.15) is 0 Å². The van der Waals surface area contributed by atoms with Crippen LogP contribution in [0.1, 0.15) is 30.1 Å². The molecule has 0 aliphatic carbocycles.